The largest absolute Gasteiger partial charge is 0.487 e. The molecule has 0 spiro atoms. The Morgan fingerprint density at radius 1 is 1.26 bits per heavy atom. The van der Waals surface area contributed by atoms with Crippen LogP contribution >= 0.6 is 0 Å². The summed E-state index contributed by atoms with van der Waals surface area (Å²) in [5.41, 5.74) is 0. The average Bonchev–Trinajstić information content (AvgIpc) is 2.88. The number of nitrogens with zero attached hydrogens (tertiary/aromatic N) is 3. The molecule has 27 heavy (non-hydrogen) atoms. The third-order valence-corrected chi connectivity index (χ3v) is 7.12. The van der Waals surface area contributed by atoms with Crippen molar-refractivity contribution in [2.75, 3.05) is 47.3 Å². The van der Waals surface area contributed by atoms with E-state index < -0.39 is 10.0 Å². The van der Waals surface area contributed by atoms with Gasteiger partial charge < -0.3 is 19.9 Å². The monoisotopic (exact) mass is 396 g/mol. The van der Waals surface area contributed by atoms with E-state index in [2.05, 4.69) is 5.32 Å². The van der Waals surface area contributed by atoms with Gasteiger partial charge in [0.05, 0.1) is 6.04 Å². The quantitative estimate of drug-likeness (QED) is 0.817. The van der Waals surface area contributed by atoms with Crippen LogP contribution in [0.15, 0.2) is 29.2 Å². The van der Waals surface area contributed by atoms with Gasteiger partial charge in [-0.1, -0.05) is 12.1 Å². The second-order valence-corrected chi connectivity index (χ2v) is 9.07. The first-order valence-corrected chi connectivity index (χ1v) is 10.7. The summed E-state index contributed by atoms with van der Waals surface area (Å²) in [7, 11) is 1.77. The van der Waals surface area contributed by atoms with Crippen LogP contribution in [0.25, 0.3) is 0 Å². The number of hydrogen-bond acceptors (Lipinski definition) is 5. The van der Waals surface area contributed by atoms with Crippen molar-refractivity contribution < 1.29 is 17.9 Å². The second kappa shape index (κ2) is 8.04. The maximum absolute atomic E-state index is 13.4. The van der Waals surface area contributed by atoms with E-state index in [1.165, 1.54) is 0 Å². The van der Waals surface area contributed by atoms with Crippen molar-refractivity contribution in [1.82, 2.24) is 19.4 Å². The van der Waals surface area contributed by atoms with E-state index in [-0.39, 0.29) is 23.1 Å². The standard InChI is InChI=1S/C18H28N4O4S/c1-19-18(23)21-10-8-14-15(9-11-21)26-16-6-4-5-7-17(16)27(24,25)22(14)13-12-20(2)3/h4-7,14-15H,8-13H2,1-3H3,(H,19,23)/t14-,15-/m1/s1. The van der Waals surface area contributed by atoms with Crippen LogP contribution in [0.2, 0.25) is 0 Å². The number of likely N-dealkylation sites (N-methyl/N-ethyl adjacent to an activating group) is 1. The van der Waals surface area contributed by atoms with Gasteiger partial charge in [-0.05, 0) is 32.6 Å². The van der Waals surface area contributed by atoms with E-state index in [0.717, 1.165) is 0 Å². The van der Waals surface area contributed by atoms with Crippen LogP contribution < -0.4 is 10.1 Å². The molecule has 1 fully saturated rings. The van der Waals surface area contributed by atoms with Crippen molar-refractivity contribution in [2.24, 2.45) is 0 Å². The van der Waals surface area contributed by atoms with E-state index in [9.17, 15) is 13.2 Å². The van der Waals surface area contributed by atoms with Gasteiger partial charge in [0.1, 0.15) is 16.7 Å². The summed E-state index contributed by atoms with van der Waals surface area (Å²) in [5, 5.41) is 2.65. The van der Waals surface area contributed by atoms with Gasteiger partial charge in [-0.3, -0.25) is 0 Å². The van der Waals surface area contributed by atoms with Crippen LogP contribution in [0, 0.1) is 0 Å². The molecular weight excluding hydrogens is 368 g/mol. The Morgan fingerprint density at radius 3 is 2.67 bits per heavy atom. The highest BCUT2D eigenvalue weighted by Gasteiger charge is 2.43. The minimum Gasteiger partial charge on any atom is -0.487 e. The molecule has 2 amide bonds. The van der Waals surface area contributed by atoms with Crippen molar-refractivity contribution >= 4 is 16.1 Å². The fourth-order valence-electron chi connectivity index (χ4n) is 3.70. The normalized spacial score (nSPS) is 25.0. The van der Waals surface area contributed by atoms with Gasteiger partial charge in [0.25, 0.3) is 0 Å². The Kier molecular flexibility index (Phi) is 5.92. The fourth-order valence-corrected chi connectivity index (χ4v) is 5.50. The molecule has 8 nitrogen and oxygen atoms in total. The minimum absolute atomic E-state index is 0.144. The molecule has 9 heteroatoms. The van der Waals surface area contributed by atoms with Gasteiger partial charge in [0, 0.05) is 39.6 Å². The molecule has 0 radical (unpaired) electrons. The third kappa shape index (κ3) is 4.04. The molecule has 0 unspecified atom stereocenters. The van der Waals surface area contributed by atoms with E-state index in [1.807, 2.05) is 19.0 Å². The summed E-state index contributed by atoms with van der Waals surface area (Å²) in [6.07, 6.45) is 0.833. The number of amides is 2. The van der Waals surface area contributed by atoms with E-state index >= 15 is 0 Å². The maximum Gasteiger partial charge on any atom is 0.317 e. The van der Waals surface area contributed by atoms with Gasteiger partial charge in [-0.2, -0.15) is 4.31 Å². The zero-order valence-electron chi connectivity index (χ0n) is 16.1. The molecule has 150 valence electrons. The SMILES string of the molecule is CNC(=O)N1CC[C@@H]2[C@@H](CC1)Oc1ccccc1S(=O)(=O)N2CCN(C)C. The molecular formula is C18H28N4O4S. The number of rotatable bonds is 3. The maximum atomic E-state index is 13.4. The van der Waals surface area contributed by atoms with Crippen molar-refractivity contribution in [2.45, 2.75) is 29.9 Å². The zero-order chi connectivity index (χ0) is 19.6. The molecule has 0 aliphatic carbocycles. The molecule has 0 aromatic heterocycles. The van der Waals surface area contributed by atoms with Crippen LogP contribution in [-0.4, -0.2) is 88.0 Å². The highest BCUT2D eigenvalue weighted by atomic mass is 32.2. The first-order chi connectivity index (χ1) is 12.8. The van der Waals surface area contributed by atoms with E-state index in [1.54, 1.807) is 40.5 Å². The Bertz CT molecular complexity index is 783. The first kappa shape index (κ1) is 19.9. The Morgan fingerprint density at radius 2 is 1.96 bits per heavy atom. The second-order valence-electron chi connectivity index (χ2n) is 7.21. The van der Waals surface area contributed by atoms with Gasteiger partial charge >= 0.3 is 6.03 Å². The van der Waals surface area contributed by atoms with Crippen LogP contribution in [0.5, 0.6) is 5.75 Å². The molecule has 1 saturated heterocycles. The Hall–Kier alpha value is -1.84. The van der Waals surface area contributed by atoms with Gasteiger partial charge in [-0.15, -0.1) is 0 Å². The number of carbonyl (C=O) groups is 1. The fraction of sp³-hybridized carbons (Fsp3) is 0.611. The third-order valence-electron chi connectivity index (χ3n) is 5.16. The lowest BCUT2D eigenvalue weighted by Crippen LogP contribution is -2.49. The predicted molar refractivity (Wildman–Crippen MR) is 102 cm³/mol. The molecule has 0 bridgehead atoms. The predicted octanol–water partition coefficient (Wildman–Crippen LogP) is 0.804. The number of fused-ring (bicyclic) bond motifs is 2. The number of nitrogens with one attached hydrogen (secondary N) is 1. The summed E-state index contributed by atoms with van der Waals surface area (Å²) in [4.78, 5) is 16.0. The lowest BCUT2D eigenvalue weighted by molar-refractivity contribution is 0.110. The summed E-state index contributed by atoms with van der Waals surface area (Å²) >= 11 is 0. The molecule has 2 aliphatic heterocycles. The van der Waals surface area contributed by atoms with Crippen molar-refractivity contribution in [3.63, 3.8) is 0 Å². The molecule has 1 aromatic carbocycles. The lowest BCUT2D eigenvalue weighted by Gasteiger charge is -2.32. The number of sulfonamides is 1. The number of carbonyl (C=O) groups excluding carboxylic acids is 1. The smallest absolute Gasteiger partial charge is 0.317 e. The molecule has 1 aromatic rings. The van der Waals surface area contributed by atoms with Gasteiger partial charge in [-0.25, -0.2) is 13.2 Å². The Labute approximate surface area is 161 Å². The molecule has 2 heterocycles. The molecule has 0 saturated carbocycles. The number of para-hydroxylation sites is 1. The molecule has 2 atom stereocenters. The number of ether oxygens (including phenoxy) is 1. The first-order valence-electron chi connectivity index (χ1n) is 9.23. The number of likely N-dealkylation sites (tertiary alicyclic amines) is 1. The van der Waals surface area contributed by atoms with E-state index in [4.69, 9.17) is 4.74 Å². The van der Waals surface area contributed by atoms with Crippen LogP contribution in [-0.2, 0) is 10.0 Å². The zero-order valence-corrected chi connectivity index (χ0v) is 16.9. The van der Waals surface area contributed by atoms with Crippen molar-refractivity contribution in [3.05, 3.63) is 24.3 Å². The Balaban J connectivity index is 1.98. The van der Waals surface area contributed by atoms with E-state index in [0.29, 0.717) is 44.8 Å². The minimum atomic E-state index is -3.68. The van der Waals surface area contributed by atoms with Crippen LogP contribution in [0.4, 0.5) is 4.79 Å². The average molecular weight is 397 g/mol. The highest BCUT2D eigenvalue weighted by molar-refractivity contribution is 7.89. The topological polar surface area (TPSA) is 82.2 Å². The molecule has 3 rings (SSSR count). The van der Waals surface area contributed by atoms with Crippen LogP contribution in [0.3, 0.4) is 0 Å². The molecule has 1 N–H and O–H groups in total. The lowest BCUT2D eigenvalue weighted by atomic mass is 10.1. The number of hydrogen-bond donors (Lipinski definition) is 1. The van der Waals surface area contributed by atoms with Gasteiger partial charge in [0.2, 0.25) is 10.0 Å². The van der Waals surface area contributed by atoms with Crippen molar-refractivity contribution in [1.29, 1.82) is 0 Å². The molecule has 2 aliphatic rings. The summed E-state index contributed by atoms with van der Waals surface area (Å²) in [6, 6.07) is 6.37. The number of benzene rings is 1. The highest BCUT2D eigenvalue weighted by Crippen LogP contribution is 2.36. The summed E-state index contributed by atoms with van der Waals surface area (Å²) < 4.78 is 34.6. The summed E-state index contributed by atoms with van der Waals surface area (Å²) in [5.74, 6) is 0.397. The summed E-state index contributed by atoms with van der Waals surface area (Å²) in [6.45, 7) is 2.02. The van der Waals surface area contributed by atoms with Gasteiger partial charge in [0.15, 0.2) is 0 Å². The number of urea groups is 1. The van der Waals surface area contributed by atoms with Crippen molar-refractivity contribution in [3.8, 4) is 5.75 Å². The van der Waals surface area contributed by atoms with Crippen LogP contribution in [0.1, 0.15) is 12.8 Å².